The highest BCUT2D eigenvalue weighted by molar-refractivity contribution is 6.30. The van der Waals surface area contributed by atoms with Crippen molar-refractivity contribution in [2.75, 3.05) is 19.8 Å². The lowest BCUT2D eigenvalue weighted by atomic mass is 9.81. The number of likely N-dealkylation sites (tertiary alicyclic amines) is 1. The topological polar surface area (TPSA) is 64.8 Å². The van der Waals surface area contributed by atoms with Crippen LogP contribution in [0.15, 0.2) is 48.5 Å². The van der Waals surface area contributed by atoms with Crippen LogP contribution in [0.5, 0.6) is 11.5 Å². The van der Waals surface area contributed by atoms with Crippen LogP contribution in [0.1, 0.15) is 32.1 Å². The van der Waals surface area contributed by atoms with E-state index in [0.717, 1.165) is 30.8 Å². The summed E-state index contributed by atoms with van der Waals surface area (Å²) in [5.41, 5.74) is 5.35. The molecular formula is C22H26Cl2N2O3. The summed E-state index contributed by atoms with van der Waals surface area (Å²) in [6.07, 6.45) is 4.25. The number of ether oxygens (including phenoxy) is 2. The van der Waals surface area contributed by atoms with Gasteiger partial charge in [-0.1, -0.05) is 23.2 Å². The van der Waals surface area contributed by atoms with Gasteiger partial charge in [0.2, 0.25) is 0 Å². The number of piperidine rings is 1. The van der Waals surface area contributed by atoms with Crippen LogP contribution in [0.3, 0.4) is 0 Å². The molecule has 2 aromatic rings. The Labute approximate surface area is 181 Å². The molecule has 2 aromatic carbocycles. The fourth-order valence-electron chi connectivity index (χ4n) is 3.86. The van der Waals surface area contributed by atoms with E-state index in [2.05, 4.69) is 0 Å². The third-order valence-electron chi connectivity index (χ3n) is 5.41. The molecule has 2 amide bonds. The predicted molar refractivity (Wildman–Crippen MR) is 116 cm³/mol. The van der Waals surface area contributed by atoms with Gasteiger partial charge in [0.1, 0.15) is 11.5 Å². The van der Waals surface area contributed by atoms with Gasteiger partial charge in [0, 0.05) is 29.4 Å². The van der Waals surface area contributed by atoms with Crippen molar-refractivity contribution < 1.29 is 14.3 Å². The van der Waals surface area contributed by atoms with Crippen LogP contribution in [0, 0.1) is 0 Å². The molecule has 0 spiro atoms. The maximum Gasteiger partial charge on any atom is 0.315 e. The van der Waals surface area contributed by atoms with E-state index in [1.807, 2.05) is 24.3 Å². The molecule has 3 rings (SSSR count). The first-order valence-electron chi connectivity index (χ1n) is 9.82. The molecule has 1 aliphatic rings. The second kappa shape index (κ2) is 10.1. The second-order valence-corrected chi connectivity index (χ2v) is 8.15. The van der Waals surface area contributed by atoms with Gasteiger partial charge in [-0.25, -0.2) is 4.79 Å². The number of rotatable bonds is 8. The first-order valence-corrected chi connectivity index (χ1v) is 10.6. The Morgan fingerprint density at radius 1 is 0.897 bits per heavy atom. The second-order valence-electron chi connectivity index (χ2n) is 7.28. The lowest BCUT2D eigenvalue weighted by Gasteiger charge is -2.46. The lowest BCUT2D eigenvalue weighted by Crippen LogP contribution is -2.57. The average Bonchev–Trinajstić information content (AvgIpc) is 2.71. The molecule has 0 bridgehead atoms. The summed E-state index contributed by atoms with van der Waals surface area (Å²) >= 11 is 11.9. The molecule has 0 aliphatic carbocycles. The maximum atomic E-state index is 12.1. The van der Waals surface area contributed by atoms with Crippen LogP contribution in [-0.4, -0.2) is 36.2 Å². The largest absolute Gasteiger partial charge is 0.494 e. The van der Waals surface area contributed by atoms with Crippen molar-refractivity contribution in [1.29, 1.82) is 0 Å². The normalized spacial score (nSPS) is 15.7. The molecular weight excluding hydrogens is 411 g/mol. The number of nitrogens with zero attached hydrogens (tertiary/aromatic N) is 1. The quantitative estimate of drug-likeness (QED) is 0.590. The van der Waals surface area contributed by atoms with Crippen LogP contribution in [0.2, 0.25) is 10.0 Å². The van der Waals surface area contributed by atoms with Gasteiger partial charge < -0.3 is 20.1 Å². The number of benzene rings is 2. The van der Waals surface area contributed by atoms with Crippen LogP contribution >= 0.6 is 23.2 Å². The highest BCUT2D eigenvalue weighted by atomic mass is 35.5. The molecule has 7 heteroatoms. The number of hydrogen-bond acceptors (Lipinski definition) is 3. The third-order valence-corrected chi connectivity index (χ3v) is 5.92. The summed E-state index contributed by atoms with van der Waals surface area (Å²) < 4.78 is 11.8. The van der Waals surface area contributed by atoms with E-state index in [1.165, 1.54) is 0 Å². The Morgan fingerprint density at radius 2 is 1.38 bits per heavy atom. The zero-order valence-corrected chi connectivity index (χ0v) is 17.8. The molecule has 0 saturated carbocycles. The zero-order valence-electron chi connectivity index (χ0n) is 16.3. The summed E-state index contributed by atoms with van der Waals surface area (Å²) in [6.45, 7) is 1.62. The number of nitrogens with two attached hydrogens (primary N) is 1. The number of urea groups is 1. The van der Waals surface area contributed by atoms with Gasteiger partial charge in [-0.3, -0.25) is 0 Å². The molecule has 29 heavy (non-hydrogen) atoms. The van der Waals surface area contributed by atoms with E-state index in [1.54, 1.807) is 29.2 Å². The molecule has 1 aliphatic heterocycles. The molecule has 1 saturated heterocycles. The molecule has 1 fully saturated rings. The smallest absolute Gasteiger partial charge is 0.315 e. The average molecular weight is 437 g/mol. The molecule has 0 aromatic heterocycles. The number of hydrogen-bond donors (Lipinski definition) is 1. The van der Waals surface area contributed by atoms with Crippen molar-refractivity contribution in [3.63, 3.8) is 0 Å². The lowest BCUT2D eigenvalue weighted by molar-refractivity contribution is 0.0431. The number of carbonyl (C=O) groups is 1. The maximum absolute atomic E-state index is 12.1. The monoisotopic (exact) mass is 436 g/mol. The number of carbonyl (C=O) groups excluding carboxylic acids is 1. The highest BCUT2D eigenvalue weighted by Crippen LogP contribution is 2.35. The highest BCUT2D eigenvalue weighted by Gasteiger charge is 2.40. The van der Waals surface area contributed by atoms with Crippen molar-refractivity contribution >= 4 is 29.2 Å². The van der Waals surface area contributed by atoms with Crippen molar-refractivity contribution in [2.45, 2.75) is 37.6 Å². The van der Waals surface area contributed by atoms with Gasteiger partial charge in [0.15, 0.2) is 0 Å². The van der Waals surface area contributed by atoms with Crippen LogP contribution in [0.25, 0.3) is 0 Å². The van der Waals surface area contributed by atoms with Crippen molar-refractivity contribution in [3.05, 3.63) is 58.6 Å². The predicted octanol–water partition coefficient (Wildman–Crippen LogP) is 5.53. The Balaban J connectivity index is 1.64. The Morgan fingerprint density at radius 3 is 1.83 bits per heavy atom. The first-order chi connectivity index (χ1) is 14.0. The molecule has 0 radical (unpaired) electrons. The van der Waals surface area contributed by atoms with E-state index in [4.69, 9.17) is 38.4 Å². The van der Waals surface area contributed by atoms with Gasteiger partial charge in [0.05, 0.1) is 18.8 Å². The van der Waals surface area contributed by atoms with Crippen molar-refractivity contribution in [3.8, 4) is 11.5 Å². The van der Waals surface area contributed by atoms with E-state index in [-0.39, 0.29) is 11.6 Å². The SMILES string of the molecule is NC(=O)N1CCCCC1(CCOc1ccc(Cl)cc1)CCOc1ccc(Cl)cc1. The Kier molecular flexibility index (Phi) is 7.51. The van der Waals surface area contributed by atoms with E-state index in [9.17, 15) is 4.79 Å². The van der Waals surface area contributed by atoms with Crippen LogP contribution < -0.4 is 15.2 Å². The first kappa shape index (κ1) is 21.6. The van der Waals surface area contributed by atoms with Gasteiger partial charge >= 0.3 is 6.03 Å². The Bertz CT molecular complexity index is 745. The van der Waals surface area contributed by atoms with E-state index >= 15 is 0 Å². The molecule has 0 unspecified atom stereocenters. The molecule has 5 nitrogen and oxygen atoms in total. The van der Waals surface area contributed by atoms with Crippen molar-refractivity contribution in [1.82, 2.24) is 4.90 Å². The third kappa shape index (κ3) is 5.94. The van der Waals surface area contributed by atoms with Gasteiger partial charge in [0.25, 0.3) is 0 Å². The number of primary amides is 1. The van der Waals surface area contributed by atoms with Gasteiger partial charge in [-0.05, 0) is 67.8 Å². The van der Waals surface area contributed by atoms with Gasteiger partial charge in [-0.15, -0.1) is 0 Å². The summed E-state index contributed by atoms with van der Waals surface area (Å²) in [5.74, 6) is 1.51. The fourth-order valence-corrected chi connectivity index (χ4v) is 4.12. The Hall–Kier alpha value is -2.11. The van der Waals surface area contributed by atoms with Crippen molar-refractivity contribution in [2.24, 2.45) is 5.73 Å². The summed E-state index contributed by atoms with van der Waals surface area (Å²) in [5, 5.41) is 1.33. The summed E-state index contributed by atoms with van der Waals surface area (Å²) in [4.78, 5) is 13.9. The fraction of sp³-hybridized carbons (Fsp3) is 0.409. The molecule has 0 atom stereocenters. The minimum absolute atomic E-state index is 0.372. The standard InChI is InChI=1S/C22H26Cl2N2O3/c23-17-3-7-19(8-4-17)28-15-12-22(11-1-2-14-26(22)21(25)27)13-16-29-20-9-5-18(24)6-10-20/h3-10H,1-2,11-16H2,(H2,25,27). The molecule has 2 N–H and O–H groups in total. The van der Waals surface area contributed by atoms with Crippen LogP contribution in [0.4, 0.5) is 4.79 Å². The molecule has 156 valence electrons. The number of halogens is 2. The minimum atomic E-state index is -0.386. The van der Waals surface area contributed by atoms with E-state index in [0.29, 0.717) is 42.6 Å². The molecule has 1 heterocycles. The van der Waals surface area contributed by atoms with Crippen LogP contribution in [-0.2, 0) is 0 Å². The minimum Gasteiger partial charge on any atom is -0.494 e. The van der Waals surface area contributed by atoms with Gasteiger partial charge in [-0.2, -0.15) is 0 Å². The van der Waals surface area contributed by atoms with E-state index < -0.39 is 0 Å². The summed E-state index contributed by atoms with van der Waals surface area (Å²) in [6, 6.07) is 14.1. The zero-order chi connectivity index (χ0) is 20.7. The summed E-state index contributed by atoms with van der Waals surface area (Å²) in [7, 11) is 0. The number of amides is 2.